The van der Waals surface area contributed by atoms with Crippen LogP contribution in [0.2, 0.25) is 0 Å². The van der Waals surface area contributed by atoms with Crippen molar-refractivity contribution < 1.29 is 75.3 Å². The average Bonchev–Trinajstić information content (AvgIpc) is 2.99. The predicted molar refractivity (Wildman–Crippen MR) is 93.3 cm³/mol. The number of hydrogen-bond donors (Lipinski definition) is 7. The molecule has 0 aromatic carbocycles. The maximum atomic E-state index is 15.2. The van der Waals surface area contributed by atoms with Crippen molar-refractivity contribution in [2.45, 2.75) is 42.5 Å². The van der Waals surface area contributed by atoms with Gasteiger partial charge in [-0.25, -0.2) is 22.9 Å². The van der Waals surface area contributed by atoms with E-state index < -0.39 is 65.1 Å². The molecule has 1 saturated heterocycles. The minimum atomic E-state index is -5.83. The number of aliphatic hydroxyl groups excluding tert-OH is 1. The second-order valence-corrected chi connectivity index (χ2v) is 11.6. The number of aliphatic hydroxyl groups is 3. The summed E-state index contributed by atoms with van der Waals surface area (Å²) >= 11 is 0. The number of phosphoric acid groups is 3. The summed E-state index contributed by atoms with van der Waals surface area (Å²) in [5.74, 6) is -3.42. The van der Waals surface area contributed by atoms with E-state index >= 15 is 4.39 Å². The number of nitrogens with one attached hydrogen (secondary N) is 1. The molecule has 9 atom stereocenters. The van der Waals surface area contributed by atoms with E-state index in [9.17, 15) is 43.6 Å². The first-order chi connectivity index (χ1) is 14.3. The van der Waals surface area contributed by atoms with Gasteiger partial charge >= 0.3 is 29.5 Å². The second-order valence-electron chi connectivity index (χ2n) is 6.91. The van der Waals surface area contributed by atoms with E-state index in [1.165, 1.54) is 0 Å². The fourth-order valence-electron chi connectivity index (χ4n) is 3.21. The van der Waals surface area contributed by atoms with Gasteiger partial charge in [0.15, 0.2) is 17.9 Å². The van der Waals surface area contributed by atoms with E-state index in [-0.39, 0.29) is 0 Å². The number of alkyl halides is 1. The maximum Gasteiger partial charge on any atom is 0.490 e. The summed E-state index contributed by atoms with van der Waals surface area (Å²) in [6, 6.07) is -1.06. The molecule has 3 rings (SSSR count). The molecule has 0 aromatic rings. The highest BCUT2D eigenvalue weighted by Crippen LogP contribution is 2.73. The molecule has 3 aliphatic rings. The highest BCUT2D eigenvalue weighted by molar-refractivity contribution is 7.66. The molecular weight excluding hydrogens is 512 g/mol. The molecule has 2 heterocycles. The Morgan fingerprint density at radius 2 is 1.72 bits per heavy atom. The lowest BCUT2D eigenvalue weighted by Crippen LogP contribution is -2.61. The molecule has 0 bridgehead atoms. The smallest absolute Gasteiger partial charge is 0.382 e. The van der Waals surface area contributed by atoms with Gasteiger partial charge in [-0.1, -0.05) is 0 Å². The van der Waals surface area contributed by atoms with Gasteiger partial charge in [0.1, 0.15) is 11.8 Å². The van der Waals surface area contributed by atoms with E-state index in [0.717, 1.165) is 19.2 Å². The molecule has 7 N–H and O–H groups in total. The Morgan fingerprint density at radius 1 is 1.16 bits per heavy atom. The molecule has 184 valence electrons. The Labute approximate surface area is 177 Å². The Hall–Kier alpha value is -0.810. The van der Waals surface area contributed by atoms with Gasteiger partial charge in [-0.15, -0.1) is 0 Å². The normalized spacial score (nSPS) is 44.2. The molecule has 0 spiro atoms. The molecule has 0 radical (unpaired) electrons. The lowest BCUT2D eigenvalue weighted by atomic mass is 9.94. The topological polar surface area (TPSA) is 251 Å². The molecule has 17 nitrogen and oxygen atoms in total. The largest absolute Gasteiger partial charge is 0.490 e. The van der Waals surface area contributed by atoms with Gasteiger partial charge in [0.2, 0.25) is 0 Å². The van der Waals surface area contributed by atoms with Gasteiger partial charge in [0.05, 0.1) is 0 Å². The average molecular weight is 530 g/mol. The van der Waals surface area contributed by atoms with Crippen LogP contribution in [0, 0.1) is 0 Å². The van der Waals surface area contributed by atoms with Gasteiger partial charge < -0.3 is 40.1 Å². The minimum Gasteiger partial charge on any atom is -0.382 e. The zero-order valence-corrected chi connectivity index (χ0v) is 18.6. The molecule has 0 aromatic heterocycles. The van der Waals surface area contributed by atoms with Crippen molar-refractivity contribution in [1.29, 1.82) is 0 Å². The zero-order chi connectivity index (χ0) is 24.5. The molecule has 2 amide bonds. The summed E-state index contributed by atoms with van der Waals surface area (Å²) in [7, 11) is -16.2. The molecular formula is C11H18FN2O15P3. The highest BCUT2D eigenvalue weighted by atomic mass is 31.3. The van der Waals surface area contributed by atoms with Crippen molar-refractivity contribution in [1.82, 2.24) is 10.2 Å². The lowest BCUT2D eigenvalue weighted by Gasteiger charge is -2.38. The number of nitrogens with zero attached hydrogens (tertiary/aromatic N) is 1. The zero-order valence-electron chi connectivity index (χ0n) is 15.9. The van der Waals surface area contributed by atoms with Gasteiger partial charge in [-0.3, -0.25) is 13.9 Å². The molecule has 21 heteroatoms. The number of phosphoric ester groups is 2. The number of ether oxygens (including phenoxy) is 1. The van der Waals surface area contributed by atoms with E-state index in [4.69, 9.17) is 9.63 Å². The van der Waals surface area contributed by atoms with E-state index in [0.29, 0.717) is 12.0 Å². The number of carbonyl (C=O) groups excluding carboxylic acids is 1. The fraction of sp³-hybridized carbons (Fsp3) is 0.727. The Balaban J connectivity index is 1.77. The molecule has 2 fully saturated rings. The fourth-order valence-corrected chi connectivity index (χ4v) is 6.65. The van der Waals surface area contributed by atoms with Gasteiger partial charge in [-0.2, -0.15) is 8.62 Å². The van der Waals surface area contributed by atoms with Crippen LogP contribution >= 0.6 is 23.5 Å². The molecule has 1 aliphatic carbocycles. The Morgan fingerprint density at radius 3 is 2.19 bits per heavy atom. The second kappa shape index (κ2) is 7.60. The standard InChI is InChI=1S/C11H18FN2O15P3/c1-9(17)7(14-4-3-5(15)13-8(14)16)26-11(12)6(10(9,11)18)27-31(21,22)29-32(23,24)28-30(19,20)25-2/h3-7,15,17-18H,1-2H3,(H,13,16)(H,19,20)(H,21,22)(H,23,24)/t5?,6?,7-,9+,10+,11-/m1/s1. The minimum absolute atomic E-state index is 0.573. The third kappa shape index (κ3) is 4.10. The van der Waals surface area contributed by atoms with Crippen molar-refractivity contribution in [2.75, 3.05) is 7.11 Å². The van der Waals surface area contributed by atoms with Crippen LogP contribution in [0.4, 0.5) is 9.18 Å². The maximum absolute atomic E-state index is 15.2. The van der Waals surface area contributed by atoms with Crippen molar-refractivity contribution in [3.8, 4) is 0 Å². The monoisotopic (exact) mass is 530 g/mol. The molecule has 5 unspecified atom stereocenters. The highest BCUT2D eigenvalue weighted by Gasteiger charge is 2.96. The first-order valence-electron chi connectivity index (χ1n) is 8.24. The van der Waals surface area contributed by atoms with E-state index in [1.54, 1.807) is 0 Å². The number of amides is 2. The van der Waals surface area contributed by atoms with Crippen LogP contribution in [0.1, 0.15) is 6.92 Å². The molecule has 2 aliphatic heterocycles. The summed E-state index contributed by atoms with van der Waals surface area (Å²) < 4.78 is 70.4. The van der Waals surface area contributed by atoms with Crippen LogP contribution in [-0.2, 0) is 36.1 Å². The number of urea groups is 1. The number of hydrogen-bond acceptors (Lipinski definition) is 12. The van der Waals surface area contributed by atoms with E-state index in [2.05, 4.69) is 17.7 Å². The first-order valence-corrected chi connectivity index (χ1v) is 12.7. The van der Waals surface area contributed by atoms with Crippen molar-refractivity contribution >= 4 is 29.5 Å². The lowest BCUT2D eigenvalue weighted by molar-refractivity contribution is -0.184. The van der Waals surface area contributed by atoms with Crippen LogP contribution in [0.15, 0.2) is 12.3 Å². The van der Waals surface area contributed by atoms with Crippen LogP contribution in [0.5, 0.6) is 0 Å². The first kappa shape index (κ1) is 25.8. The SMILES string of the molecule is COP(=O)(O)OP(=O)(O)OP(=O)(O)OC1[C@]2(O)[C@@](C)(O)[C@H](N3C=CC(O)NC3=O)O[C@]12F. The van der Waals surface area contributed by atoms with Crippen molar-refractivity contribution in [3.05, 3.63) is 12.3 Å². The molecule has 1 saturated carbocycles. The third-order valence-corrected chi connectivity index (χ3v) is 9.00. The van der Waals surface area contributed by atoms with Gasteiger partial charge in [-0.05, 0) is 13.0 Å². The number of carbonyl (C=O) groups is 1. The van der Waals surface area contributed by atoms with Gasteiger partial charge in [0.25, 0.3) is 5.85 Å². The third-order valence-electron chi connectivity index (χ3n) is 4.76. The molecule has 32 heavy (non-hydrogen) atoms. The van der Waals surface area contributed by atoms with Crippen molar-refractivity contribution in [3.63, 3.8) is 0 Å². The van der Waals surface area contributed by atoms with Crippen LogP contribution in [0.3, 0.4) is 0 Å². The van der Waals surface area contributed by atoms with Crippen LogP contribution < -0.4 is 5.32 Å². The number of rotatable bonds is 8. The van der Waals surface area contributed by atoms with Gasteiger partial charge in [0, 0.05) is 13.3 Å². The predicted octanol–water partition coefficient (Wildman–Crippen LogP) is -1.27. The van der Waals surface area contributed by atoms with Crippen LogP contribution in [-0.4, -0.2) is 83.7 Å². The van der Waals surface area contributed by atoms with Crippen molar-refractivity contribution in [2.24, 2.45) is 0 Å². The quantitative estimate of drug-likeness (QED) is 0.181. The number of halogens is 1. The summed E-state index contributed by atoms with van der Waals surface area (Å²) in [6.07, 6.45) is -3.88. The Bertz CT molecular complexity index is 992. The number of fused-ring (bicyclic) bond motifs is 1. The summed E-state index contributed by atoms with van der Waals surface area (Å²) in [5, 5.41) is 32.6. The summed E-state index contributed by atoms with van der Waals surface area (Å²) in [6.45, 7) is 0.790. The summed E-state index contributed by atoms with van der Waals surface area (Å²) in [4.78, 5) is 40.5. The summed E-state index contributed by atoms with van der Waals surface area (Å²) in [5.41, 5.74) is -5.82. The van der Waals surface area contributed by atoms with E-state index in [1.807, 2.05) is 5.32 Å². The Kier molecular flexibility index (Phi) is 6.13. The van der Waals surface area contributed by atoms with Crippen LogP contribution in [0.25, 0.3) is 0 Å².